The van der Waals surface area contributed by atoms with E-state index in [1.807, 2.05) is 12.1 Å². The van der Waals surface area contributed by atoms with Crippen LogP contribution in [0.2, 0.25) is 0 Å². The summed E-state index contributed by atoms with van der Waals surface area (Å²) in [5, 5.41) is 3.61. The number of hydrogen-bond acceptors (Lipinski definition) is 4. The minimum atomic E-state index is -0.541. The van der Waals surface area contributed by atoms with Gasteiger partial charge in [-0.15, -0.1) is 0 Å². The van der Waals surface area contributed by atoms with E-state index in [9.17, 15) is 9.59 Å². The summed E-state index contributed by atoms with van der Waals surface area (Å²) in [5.74, 6) is -0.0628. The SMILES string of the molecule is COc1ccc2c(CC(=O)Nc3cccc(C(N)=O)c3)coc2c1. The molecule has 2 aromatic carbocycles. The molecular weight excluding hydrogens is 308 g/mol. The number of carbonyl (C=O) groups is 2. The normalized spacial score (nSPS) is 10.5. The van der Waals surface area contributed by atoms with Crippen LogP contribution >= 0.6 is 0 Å². The number of benzene rings is 2. The number of methoxy groups -OCH3 is 1. The van der Waals surface area contributed by atoms with Crippen molar-refractivity contribution in [1.82, 2.24) is 0 Å². The second-order valence-electron chi connectivity index (χ2n) is 5.29. The maximum absolute atomic E-state index is 12.2. The number of anilines is 1. The monoisotopic (exact) mass is 324 g/mol. The fraction of sp³-hybridized carbons (Fsp3) is 0.111. The number of nitrogens with one attached hydrogen (secondary N) is 1. The Morgan fingerprint density at radius 1 is 1.21 bits per heavy atom. The molecule has 0 aliphatic rings. The maximum Gasteiger partial charge on any atom is 0.248 e. The van der Waals surface area contributed by atoms with Crippen molar-refractivity contribution in [2.24, 2.45) is 5.73 Å². The number of carbonyl (C=O) groups excluding carboxylic acids is 2. The van der Waals surface area contributed by atoms with Gasteiger partial charge in [0.05, 0.1) is 19.8 Å². The molecule has 2 amide bonds. The van der Waals surface area contributed by atoms with Crippen molar-refractivity contribution in [3.8, 4) is 5.75 Å². The van der Waals surface area contributed by atoms with Gasteiger partial charge in [0.25, 0.3) is 0 Å². The quantitative estimate of drug-likeness (QED) is 0.754. The molecule has 0 atom stereocenters. The molecule has 3 aromatic rings. The van der Waals surface area contributed by atoms with E-state index in [4.69, 9.17) is 14.9 Å². The summed E-state index contributed by atoms with van der Waals surface area (Å²) in [6.07, 6.45) is 1.71. The van der Waals surface area contributed by atoms with E-state index in [2.05, 4.69) is 5.32 Å². The van der Waals surface area contributed by atoms with Crippen molar-refractivity contribution in [2.45, 2.75) is 6.42 Å². The molecule has 0 spiro atoms. The lowest BCUT2D eigenvalue weighted by molar-refractivity contribution is -0.115. The first-order chi connectivity index (χ1) is 11.6. The molecule has 0 fully saturated rings. The fourth-order valence-corrected chi connectivity index (χ4v) is 2.46. The highest BCUT2D eigenvalue weighted by Gasteiger charge is 2.12. The van der Waals surface area contributed by atoms with Crippen molar-refractivity contribution >= 4 is 28.5 Å². The van der Waals surface area contributed by atoms with E-state index in [-0.39, 0.29) is 12.3 Å². The lowest BCUT2D eigenvalue weighted by Gasteiger charge is -2.06. The molecule has 1 heterocycles. The Bertz CT molecular complexity index is 914. The number of rotatable bonds is 5. The first-order valence-corrected chi connectivity index (χ1v) is 7.30. The predicted molar refractivity (Wildman–Crippen MR) is 90.1 cm³/mol. The highest BCUT2D eigenvalue weighted by Crippen LogP contribution is 2.26. The topological polar surface area (TPSA) is 94.6 Å². The molecule has 24 heavy (non-hydrogen) atoms. The van der Waals surface area contributed by atoms with Gasteiger partial charge in [-0.3, -0.25) is 9.59 Å². The summed E-state index contributed by atoms with van der Waals surface area (Å²) >= 11 is 0. The van der Waals surface area contributed by atoms with Crippen LogP contribution < -0.4 is 15.8 Å². The number of fused-ring (bicyclic) bond motifs is 1. The minimum Gasteiger partial charge on any atom is -0.497 e. The summed E-state index contributed by atoms with van der Waals surface area (Å²) in [5.41, 5.74) is 7.53. The molecule has 3 rings (SSSR count). The van der Waals surface area contributed by atoms with Crippen molar-refractivity contribution in [1.29, 1.82) is 0 Å². The average Bonchev–Trinajstić information content (AvgIpc) is 2.97. The van der Waals surface area contributed by atoms with Gasteiger partial charge < -0.3 is 20.2 Å². The van der Waals surface area contributed by atoms with E-state index < -0.39 is 5.91 Å². The molecular formula is C18H16N2O4. The van der Waals surface area contributed by atoms with Crippen molar-refractivity contribution < 1.29 is 18.7 Å². The van der Waals surface area contributed by atoms with E-state index in [0.717, 1.165) is 10.9 Å². The van der Waals surface area contributed by atoms with Crippen LogP contribution in [0, 0.1) is 0 Å². The average molecular weight is 324 g/mol. The summed E-state index contributed by atoms with van der Waals surface area (Å²) in [7, 11) is 1.58. The highest BCUT2D eigenvalue weighted by molar-refractivity contribution is 5.98. The third kappa shape index (κ3) is 3.22. The van der Waals surface area contributed by atoms with Crippen molar-refractivity contribution in [3.63, 3.8) is 0 Å². The number of furan rings is 1. The molecule has 6 heteroatoms. The van der Waals surface area contributed by atoms with Gasteiger partial charge in [-0.05, 0) is 30.3 Å². The molecule has 0 aliphatic carbocycles. The van der Waals surface area contributed by atoms with Crippen LogP contribution in [0.3, 0.4) is 0 Å². The standard InChI is InChI=1S/C18H16N2O4/c1-23-14-5-6-15-12(10-24-16(15)9-14)8-17(21)20-13-4-2-3-11(7-13)18(19)22/h2-7,9-10H,8H2,1H3,(H2,19,22)(H,20,21). The molecule has 0 saturated heterocycles. The van der Waals surface area contributed by atoms with E-state index in [1.54, 1.807) is 43.7 Å². The predicted octanol–water partition coefficient (Wildman–Crippen LogP) is 2.72. The Labute approximate surface area is 138 Å². The third-order valence-corrected chi connectivity index (χ3v) is 3.64. The lowest BCUT2D eigenvalue weighted by Crippen LogP contribution is -2.15. The first-order valence-electron chi connectivity index (χ1n) is 7.30. The molecule has 0 radical (unpaired) electrons. The van der Waals surface area contributed by atoms with Crippen LogP contribution in [0.1, 0.15) is 15.9 Å². The molecule has 0 saturated carbocycles. The Morgan fingerprint density at radius 2 is 2.04 bits per heavy atom. The van der Waals surface area contributed by atoms with Gasteiger partial charge in [0.2, 0.25) is 11.8 Å². The van der Waals surface area contributed by atoms with Crippen LogP contribution in [-0.2, 0) is 11.2 Å². The van der Waals surface area contributed by atoms with Gasteiger partial charge in [-0.25, -0.2) is 0 Å². The summed E-state index contributed by atoms with van der Waals surface area (Å²) < 4.78 is 10.6. The molecule has 0 aliphatic heterocycles. The lowest BCUT2D eigenvalue weighted by atomic mass is 10.1. The zero-order chi connectivity index (χ0) is 17.1. The summed E-state index contributed by atoms with van der Waals surface area (Å²) in [6, 6.07) is 11.9. The molecule has 0 unspecified atom stereocenters. The maximum atomic E-state index is 12.2. The van der Waals surface area contributed by atoms with Crippen molar-refractivity contribution in [3.05, 3.63) is 59.9 Å². The Kier molecular flexibility index (Phi) is 4.20. The van der Waals surface area contributed by atoms with Gasteiger partial charge in [0.15, 0.2) is 0 Å². The van der Waals surface area contributed by atoms with Crippen molar-refractivity contribution in [2.75, 3.05) is 12.4 Å². The Hall–Kier alpha value is -3.28. The molecule has 3 N–H and O–H groups in total. The number of hydrogen-bond donors (Lipinski definition) is 2. The van der Waals surface area contributed by atoms with Gasteiger partial charge in [-0.1, -0.05) is 6.07 Å². The minimum absolute atomic E-state index is 0.153. The van der Waals surface area contributed by atoms with Crippen LogP contribution in [0.5, 0.6) is 5.75 Å². The summed E-state index contributed by atoms with van der Waals surface area (Å²) in [4.78, 5) is 23.4. The van der Waals surface area contributed by atoms with Gasteiger partial charge in [-0.2, -0.15) is 0 Å². The van der Waals surface area contributed by atoms with E-state index >= 15 is 0 Å². The van der Waals surface area contributed by atoms with Crippen LogP contribution in [0.4, 0.5) is 5.69 Å². The molecule has 6 nitrogen and oxygen atoms in total. The fourth-order valence-electron chi connectivity index (χ4n) is 2.46. The smallest absolute Gasteiger partial charge is 0.248 e. The largest absolute Gasteiger partial charge is 0.497 e. The Morgan fingerprint density at radius 3 is 2.79 bits per heavy atom. The second kappa shape index (κ2) is 6.45. The number of primary amides is 1. The second-order valence-corrected chi connectivity index (χ2v) is 5.29. The van der Waals surface area contributed by atoms with E-state index in [0.29, 0.717) is 22.6 Å². The van der Waals surface area contributed by atoms with Crippen LogP contribution in [0.15, 0.2) is 53.1 Å². The zero-order valence-electron chi connectivity index (χ0n) is 13.0. The van der Waals surface area contributed by atoms with Gasteiger partial charge >= 0.3 is 0 Å². The number of amides is 2. The molecule has 122 valence electrons. The van der Waals surface area contributed by atoms with Crippen LogP contribution in [-0.4, -0.2) is 18.9 Å². The summed E-state index contributed by atoms with van der Waals surface area (Å²) in [6.45, 7) is 0. The molecule has 1 aromatic heterocycles. The van der Waals surface area contributed by atoms with Gasteiger partial charge in [0.1, 0.15) is 11.3 Å². The number of ether oxygens (including phenoxy) is 1. The Balaban J connectivity index is 1.75. The van der Waals surface area contributed by atoms with Crippen LogP contribution in [0.25, 0.3) is 11.0 Å². The molecule has 0 bridgehead atoms. The zero-order valence-corrected chi connectivity index (χ0v) is 13.0. The van der Waals surface area contributed by atoms with E-state index in [1.165, 1.54) is 0 Å². The van der Waals surface area contributed by atoms with Gasteiger partial charge in [0, 0.05) is 28.3 Å². The first kappa shape index (κ1) is 15.6. The highest BCUT2D eigenvalue weighted by atomic mass is 16.5. The third-order valence-electron chi connectivity index (χ3n) is 3.64. The number of nitrogens with two attached hydrogens (primary N) is 1.